The zero-order valence-corrected chi connectivity index (χ0v) is 19.2. The van der Waals surface area contributed by atoms with Gasteiger partial charge in [0.1, 0.15) is 23.1 Å². The molecular formula is C23H19ClN4O3S. The van der Waals surface area contributed by atoms with Gasteiger partial charge in [-0.25, -0.2) is 4.98 Å². The first-order valence-corrected chi connectivity index (χ1v) is 11.3. The van der Waals surface area contributed by atoms with Gasteiger partial charge in [0.2, 0.25) is 5.43 Å². The molecule has 7 nitrogen and oxygen atoms in total. The zero-order valence-electron chi connectivity index (χ0n) is 17.6. The third-order valence-electron chi connectivity index (χ3n) is 4.93. The van der Waals surface area contributed by atoms with E-state index in [-0.39, 0.29) is 22.3 Å². The number of halogens is 1. The number of aryl methyl sites for hydroxylation is 1. The van der Waals surface area contributed by atoms with Gasteiger partial charge in [0.15, 0.2) is 10.8 Å². The molecule has 0 saturated heterocycles. The normalized spacial score (nSPS) is 12.0. The van der Waals surface area contributed by atoms with E-state index in [1.54, 1.807) is 12.1 Å². The molecule has 1 atom stereocenters. The molecule has 3 heterocycles. The minimum atomic E-state index is -0.281. The van der Waals surface area contributed by atoms with Crippen LogP contribution in [0, 0.1) is 18.3 Å². The lowest BCUT2D eigenvalue weighted by Gasteiger charge is -2.19. The van der Waals surface area contributed by atoms with Gasteiger partial charge in [0.05, 0.1) is 28.9 Å². The Balaban J connectivity index is 1.89. The fourth-order valence-electron chi connectivity index (χ4n) is 3.53. The number of hydrogen-bond donors (Lipinski definition) is 1. The van der Waals surface area contributed by atoms with E-state index < -0.39 is 0 Å². The minimum absolute atomic E-state index is 0.145. The number of nitrogens with one attached hydrogen (secondary N) is 1. The Morgan fingerprint density at radius 3 is 2.84 bits per heavy atom. The number of aromatic nitrogens is 2. The van der Waals surface area contributed by atoms with Gasteiger partial charge in [-0.05, 0) is 43.4 Å². The van der Waals surface area contributed by atoms with Crippen molar-refractivity contribution in [3.05, 3.63) is 68.9 Å². The molecule has 4 rings (SSSR count). The van der Waals surface area contributed by atoms with Gasteiger partial charge >= 0.3 is 0 Å². The molecule has 1 N–H and O–H groups in total. The molecule has 0 aliphatic rings. The van der Waals surface area contributed by atoms with E-state index in [2.05, 4.69) is 21.5 Å². The molecule has 162 valence electrons. The highest BCUT2D eigenvalue weighted by molar-refractivity contribution is 7.99. The molecule has 0 fully saturated rings. The van der Waals surface area contributed by atoms with E-state index >= 15 is 0 Å². The smallest absolute Gasteiger partial charge is 0.201 e. The summed E-state index contributed by atoms with van der Waals surface area (Å²) in [6.07, 6.45) is 2.95. The molecule has 0 aliphatic carbocycles. The summed E-state index contributed by atoms with van der Waals surface area (Å²) in [5.41, 5.74) is 3.82. The van der Waals surface area contributed by atoms with Crippen LogP contribution >= 0.6 is 23.4 Å². The number of benzene rings is 1. The Kier molecular flexibility index (Phi) is 6.21. The number of rotatable bonds is 6. The molecule has 0 spiro atoms. The standard InChI is InChI=1S/C23H19ClN4O3S/c1-4-32-23-20(14-10-26-30-11-14)21(29)16-8-12(2)7-15(22(16)31-23)13(3)27-17-5-6-19(24)28-18(17)9-25/h5-8,10-11,13,27H,4H2,1-3H3. The maximum Gasteiger partial charge on any atom is 0.201 e. The molecule has 0 saturated carbocycles. The second-order valence-electron chi connectivity index (χ2n) is 7.18. The third-order valence-corrected chi connectivity index (χ3v) is 5.98. The summed E-state index contributed by atoms with van der Waals surface area (Å²) in [6.45, 7) is 5.85. The number of nitrogens with zero attached hydrogens (tertiary/aromatic N) is 3. The van der Waals surface area contributed by atoms with Gasteiger partial charge in [0.25, 0.3) is 0 Å². The van der Waals surface area contributed by atoms with Crippen LogP contribution < -0.4 is 10.7 Å². The van der Waals surface area contributed by atoms with Crippen LogP contribution in [-0.4, -0.2) is 15.9 Å². The second kappa shape index (κ2) is 9.07. The quantitative estimate of drug-likeness (QED) is 0.274. The minimum Gasteiger partial charge on any atom is -0.449 e. The summed E-state index contributed by atoms with van der Waals surface area (Å²) in [6, 6.07) is 8.89. The van der Waals surface area contributed by atoms with Crippen molar-refractivity contribution in [1.29, 1.82) is 5.26 Å². The lowest BCUT2D eigenvalue weighted by atomic mass is 9.99. The van der Waals surface area contributed by atoms with Gasteiger partial charge in [-0.1, -0.05) is 41.5 Å². The van der Waals surface area contributed by atoms with E-state index in [1.807, 2.05) is 32.9 Å². The van der Waals surface area contributed by atoms with Gasteiger partial charge in [-0.2, -0.15) is 5.26 Å². The molecule has 3 aromatic heterocycles. The predicted octanol–water partition coefficient (Wildman–Crippen LogP) is 5.96. The van der Waals surface area contributed by atoms with Crippen LogP contribution in [0.15, 0.2) is 55.6 Å². The Labute approximate surface area is 193 Å². The topological polar surface area (TPSA) is 105 Å². The van der Waals surface area contributed by atoms with Crippen LogP contribution in [0.25, 0.3) is 22.1 Å². The van der Waals surface area contributed by atoms with E-state index in [9.17, 15) is 10.1 Å². The first kappa shape index (κ1) is 21.9. The Morgan fingerprint density at radius 2 is 2.16 bits per heavy atom. The van der Waals surface area contributed by atoms with E-state index in [1.165, 1.54) is 24.2 Å². The fraction of sp³-hybridized carbons (Fsp3) is 0.217. The Morgan fingerprint density at radius 1 is 1.34 bits per heavy atom. The van der Waals surface area contributed by atoms with Crippen LogP contribution in [0.5, 0.6) is 0 Å². The van der Waals surface area contributed by atoms with Crippen molar-refractivity contribution in [2.75, 3.05) is 11.1 Å². The maximum atomic E-state index is 13.5. The predicted molar refractivity (Wildman–Crippen MR) is 125 cm³/mol. The van der Waals surface area contributed by atoms with Gasteiger partial charge in [0, 0.05) is 11.1 Å². The largest absolute Gasteiger partial charge is 0.449 e. The van der Waals surface area contributed by atoms with Crippen LogP contribution in [-0.2, 0) is 0 Å². The number of fused-ring (bicyclic) bond motifs is 1. The maximum absolute atomic E-state index is 13.5. The van der Waals surface area contributed by atoms with Crippen LogP contribution in [0.1, 0.15) is 36.7 Å². The summed E-state index contributed by atoms with van der Waals surface area (Å²) in [5, 5.41) is 17.7. The van der Waals surface area contributed by atoms with Crippen LogP contribution in [0.2, 0.25) is 5.15 Å². The summed E-state index contributed by atoms with van der Waals surface area (Å²) < 4.78 is 11.3. The van der Waals surface area contributed by atoms with Crippen molar-refractivity contribution in [2.45, 2.75) is 31.9 Å². The number of thioether (sulfide) groups is 1. The van der Waals surface area contributed by atoms with Crippen molar-refractivity contribution in [3.8, 4) is 17.2 Å². The Hall–Kier alpha value is -3.28. The zero-order chi connectivity index (χ0) is 22.8. The van der Waals surface area contributed by atoms with Crippen molar-refractivity contribution >= 4 is 40.0 Å². The molecule has 1 unspecified atom stereocenters. The molecule has 0 aliphatic heterocycles. The lowest BCUT2D eigenvalue weighted by Crippen LogP contribution is -2.13. The molecule has 32 heavy (non-hydrogen) atoms. The molecule has 9 heteroatoms. The summed E-state index contributed by atoms with van der Waals surface area (Å²) in [5.74, 6) is 0.726. The van der Waals surface area contributed by atoms with Gasteiger partial charge in [-0.3, -0.25) is 4.79 Å². The molecule has 0 bridgehead atoms. The van der Waals surface area contributed by atoms with Gasteiger partial charge < -0.3 is 14.3 Å². The molecule has 1 aromatic carbocycles. The first-order chi connectivity index (χ1) is 15.4. The summed E-state index contributed by atoms with van der Waals surface area (Å²) in [7, 11) is 0. The van der Waals surface area contributed by atoms with Gasteiger partial charge in [-0.15, -0.1) is 0 Å². The number of hydrogen-bond acceptors (Lipinski definition) is 8. The monoisotopic (exact) mass is 466 g/mol. The van der Waals surface area contributed by atoms with E-state index in [4.69, 9.17) is 20.5 Å². The second-order valence-corrected chi connectivity index (χ2v) is 8.80. The lowest BCUT2D eigenvalue weighted by molar-refractivity contribution is 0.420. The summed E-state index contributed by atoms with van der Waals surface area (Å²) >= 11 is 7.36. The average Bonchev–Trinajstić information content (AvgIpc) is 3.29. The van der Waals surface area contributed by atoms with Crippen molar-refractivity contribution in [3.63, 3.8) is 0 Å². The van der Waals surface area contributed by atoms with Crippen LogP contribution in [0.3, 0.4) is 0 Å². The molecular weight excluding hydrogens is 448 g/mol. The van der Waals surface area contributed by atoms with E-state index in [0.29, 0.717) is 32.9 Å². The summed E-state index contributed by atoms with van der Waals surface area (Å²) in [4.78, 5) is 17.6. The van der Waals surface area contributed by atoms with E-state index in [0.717, 1.165) is 16.9 Å². The number of nitriles is 1. The number of pyridine rings is 1. The third kappa shape index (κ3) is 4.09. The highest BCUT2D eigenvalue weighted by Gasteiger charge is 2.22. The highest BCUT2D eigenvalue weighted by Crippen LogP contribution is 2.35. The van der Waals surface area contributed by atoms with Crippen molar-refractivity contribution < 1.29 is 8.94 Å². The SMILES string of the molecule is CCSc1oc2c(C(C)Nc3ccc(Cl)nc3C#N)cc(C)cc2c(=O)c1-c1cnoc1. The molecule has 0 amide bonds. The van der Waals surface area contributed by atoms with Crippen molar-refractivity contribution in [2.24, 2.45) is 0 Å². The fourth-order valence-corrected chi connectivity index (χ4v) is 4.44. The first-order valence-electron chi connectivity index (χ1n) is 9.90. The molecule has 4 aromatic rings. The van der Waals surface area contributed by atoms with Crippen molar-refractivity contribution in [1.82, 2.24) is 10.1 Å². The molecule has 0 radical (unpaired) electrons. The highest BCUT2D eigenvalue weighted by atomic mass is 35.5. The average molecular weight is 467 g/mol. The number of anilines is 1. The Bertz CT molecular complexity index is 1390. The van der Waals surface area contributed by atoms with Crippen LogP contribution in [0.4, 0.5) is 5.69 Å².